The minimum absolute atomic E-state index is 0. The van der Waals surface area contributed by atoms with Crippen LogP contribution in [-0.4, -0.2) is 49.2 Å². The molecule has 0 unspecified atom stereocenters. The summed E-state index contributed by atoms with van der Waals surface area (Å²) < 4.78 is 40.1. The van der Waals surface area contributed by atoms with E-state index >= 15 is 0 Å². The minimum Gasteiger partial charge on any atom is -0.354 e. The van der Waals surface area contributed by atoms with Crippen LogP contribution < -0.4 is 9.80 Å². The number of halogens is 4. The van der Waals surface area contributed by atoms with Crippen molar-refractivity contribution in [3.05, 3.63) is 84.3 Å². The zero-order valence-electron chi connectivity index (χ0n) is 17.6. The Kier molecular flexibility index (Phi) is 8.36. The Morgan fingerprint density at radius 2 is 1.31 bits per heavy atom. The van der Waals surface area contributed by atoms with Gasteiger partial charge < -0.3 is 9.80 Å². The molecular weight excluding hydrogens is 437 g/mol. The third-order valence-corrected chi connectivity index (χ3v) is 5.53. The van der Waals surface area contributed by atoms with Gasteiger partial charge in [-0.3, -0.25) is 4.90 Å². The average molecular weight is 463 g/mol. The highest BCUT2D eigenvalue weighted by atomic mass is 35.5. The quantitative estimate of drug-likeness (QED) is 0.446. The van der Waals surface area contributed by atoms with E-state index < -0.39 is 5.95 Å². The Morgan fingerprint density at radius 1 is 0.750 bits per heavy atom. The van der Waals surface area contributed by atoms with E-state index in [1.807, 2.05) is 6.07 Å². The van der Waals surface area contributed by atoms with Crippen molar-refractivity contribution < 1.29 is 13.2 Å². The fourth-order valence-corrected chi connectivity index (χ4v) is 3.88. The van der Waals surface area contributed by atoms with Gasteiger partial charge in [0, 0.05) is 44.1 Å². The molecule has 0 N–H and O–H groups in total. The molecule has 4 nitrogen and oxygen atoms in total. The minimum atomic E-state index is -0.457. The molecule has 2 aromatic carbocycles. The lowest BCUT2D eigenvalue weighted by molar-refractivity contribution is 0.255. The van der Waals surface area contributed by atoms with Crippen LogP contribution in [0.5, 0.6) is 0 Å². The first kappa shape index (κ1) is 23.9. The second-order valence-electron chi connectivity index (χ2n) is 7.61. The molecule has 8 heteroatoms. The number of nitrogens with zero attached hydrogens (tertiary/aromatic N) is 4. The van der Waals surface area contributed by atoms with Gasteiger partial charge in [-0.25, -0.2) is 13.8 Å². The van der Waals surface area contributed by atoms with Crippen molar-refractivity contribution in [1.29, 1.82) is 0 Å². The smallest absolute Gasteiger partial charge is 0.214 e. The molecule has 32 heavy (non-hydrogen) atoms. The Bertz CT molecular complexity index is 932. The van der Waals surface area contributed by atoms with Crippen LogP contribution in [0.4, 0.5) is 30.4 Å². The van der Waals surface area contributed by atoms with Gasteiger partial charge in [-0.2, -0.15) is 4.39 Å². The molecule has 0 saturated carbocycles. The van der Waals surface area contributed by atoms with E-state index in [0.717, 1.165) is 57.1 Å². The molecule has 1 aliphatic heterocycles. The predicted molar refractivity (Wildman–Crippen MR) is 125 cm³/mol. The first-order valence-corrected chi connectivity index (χ1v) is 10.5. The third-order valence-electron chi connectivity index (χ3n) is 5.53. The molecule has 1 aliphatic rings. The van der Waals surface area contributed by atoms with Crippen molar-refractivity contribution in [1.82, 2.24) is 9.88 Å². The normalized spacial score (nSPS) is 14.2. The molecule has 2 heterocycles. The van der Waals surface area contributed by atoms with Gasteiger partial charge in [-0.15, -0.1) is 12.4 Å². The zero-order chi connectivity index (χ0) is 21.6. The van der Waals surface area contributed by atoms with Crippen molar-refractivity contribution in [3.63, 3.8) is 0 Å². The lowest BCUT2D eigenvalue weighted by atomic mass is 10.2. The van der Waals surface area contributed by atoms with Crippen molar-refractivity contribution in [3.8, 4) is 0 Å². The van der Waals surface area contributed by atoms with Gasteiger partial charge in [0.2, 0.25) is 5.95 Å². The van der Waals surface area contributed by atoms with E-state index in [1.165, 1.54) is 30.3 Å². The van der Waals surface area contributed by atoms with E-state index in [0.29, 0.717) is 5.82 Å². The monoisotopic (exact) mass is 462 g/mol. The molecule has 1 saturated heterocycles. The SMILES string of the molecule is Cl.Fc1ccc(N(CCCN2CCN(c3cccc(F)n3)CC2)c2ccc(F)cc2)cc1. The second kappa shape index (κ2) is 11.2. The van der Waals surface area contributed by atoms with Crippen molar-refractivity contribution in [2.24, 2.45) is 0 Å². The number of hydrogen-bond acceptors (Lipinski definition) is 4. The molecule has 0 radical (unpaired) electrons. The van der Waals surface area contributed by atoms with Crippen LogP contribution in [-0.2, 0) is 0 Å². The standard InChI is InChI=1S/C24H25F3N4.ClH/c25-19-5-9-21(10-6-19)31(22-11-7-20(26)8-12-22)14-2-13-29-15-17-30(18-16-29)24-4-1-3-23(27)28-24;/h1,3-12H,2,13-18H2;1H. The summed E-state index contributed by atoms with van der Waals surface area (Å²) in [5.74, 6) is -0.345. The maximum Gasteiger partial charge on any atom is 0.214 e. The van der Waals surface area contributed by atoms with Crippen molar-refractivity contribution >= 4 is 29.6 Å². The summed E-state index contributed by atoms with van der Waals surface area (Å²) in [7, 11) is 0. The summed E-state index contributed by atoms with van der Waals surface area (Å²) in [5.41, 5.74) is 1.74. The van der Waals surface area contributed by atoms with Crippen molar-refractivity contribution in [2.45, 2.75) is 6.42 Å². The molecule has 4 rings (SSSR count). The largest absolute Gasteiger partial charge is 0.354 e. The Morgan fingerprint density at radius 3 is 1.84 bits per heavy atom. The predicted octanol–water partition coefficient (Wildman–Crippen LogP) is 5.27. The van der Waals surface area contributed by atoms with E-state index in [1.54, 1.807) is 30.3 Å². The maximum atomic E-state index is 13.4. The lowest BCUT2D eigenvalue weighted by Gasteiger charge is -2.36. The molecule has 0 aliphatic carbocycles. The van der Waals surface area contributed by atoms with Crippen LogP contribution >= 0.6 is 12.4 Å². The van der Waals surface area contributed by atoms with Gasteiger partial charge in [-0.1, -0.05) is 6.07 Å². The summed E-state index contributed by atoms with van der Waals surface area (Å²) >= 11 is 0. The number of hydrogen-bond donors (Lipinski definition) is 0. The third kappa shape index (κ3) is 6.14. The average Bonchev–Trinajstić information content (AvgIpc) is 2.79. The highest BCUT2D eigenvalue weighted by Gasteiger charge is 2.18. The van der Waals surface area contributed by atoms with Gasteiger partial charge in [0.1, 0.15) is 17.5 Å². The maximum absolute atomic E-state index is 13.4. The number of pyridine rings is 1. The number of aromatic nitrogens is 1. The topological polar surface area (TPSA) is 22.6 Å². The van der Waals surface area contributed by atoms with Gasteiger partial charge in [0.25, 0.3) is 0 Å². The van der Waals surface area contributed by atoms with E-state index in [-0.39, 0.29) is 24.0 Å². The lowest BCUT2D eigenvalue weighted by Crippen LogP contribution is -2.47. The summed E-state index contributed by atoms with van der Waals surface area (Å²) in [6, 6.07) is 17.6. The van der Waals surface area contributed by atoms with Crippen LogP contribution in [0.25, 0.3) is 0 Å². The molecule has 0 spiro atoms. The fraction of sp³-hybridized carbons (Fsp3) is 0.292. The van der Waals surface area contributed by atoms with E-state index in [2.05, 4.69) is 19.7 Å². The first-order chi connectivity index (χ1) is 15.1. The van der Waals surface area contributed by atoms with Crippen LogP contribution in [0.15, 0.2) is 66.7 Å². The molecule has 1 fully saturated rings. The number of piperazine rings is 1. The number of benzene rings is 2. The molecule has 0 atom stereocenters. The van der Waals surface area contributed by atoms with Crippen LogP contribution in [0.1, 0.15) is 6.42 Å². The highest BCUT2D eigenvalue weighted by Crippen LogP contribution is 2.26. The first-order valence-electron chi connectivity index (χ1n) is 10.5. The molecular formula is C24H26ClF3N4. The van der Waals surface area contributed by atoms with Crippen LogP contribution in [0.3, 0.4) is 0 Å². The van der Waals surface area contributed by atoms with Gasteiger partial charge in [-0.05, 0) is 73.6 Å². The van der Waals surface area contributed by atoms with E-state index in [9.17, 15) is 13.2 Å². The summed E-state index contributed by atoms with van der Waals surface area (Å²) in [4.78, 5) is 10.5. The molecule has 3 aromatic rings. The summed E-state index contributed by atoms with van der Waals surface area (Å²) in [6.45, 7) is 5.00. The Labute approximate surface area is 192 Å². The molecule has 0 bridgehead atoms. The Hall–Kier alpha value is -2.77. The molecule has 0 amide bonds. The number of rotatable bonds is 7. The highest BCUT2D eigenvalue weighted by molar-refractivity contribution is 5.85. The number of anilines is 3. The van der Waals surface area contributed by atoms with Gasteiger partial charge >= 0.3 is 0 Å². The fourth-order valence-electron chi connectivity index (χ4n) is 3.88. The molecule has 1 aromatic heterocycles. The van der Waals surface area contributed by atoms with Gasteiger partial charge in [0.05, 0.1) is 0 Å². The summed E-state index contributed by atoms with van der Waals surface area (Å²) in [5, 5.41) is 0. The van der Waals surface area contributed by atoms with Gasteiger partial charge in [0.15, 0.2) is 0 Å². The van der Waals surface area contributed by atoms with Crippen molar-refractivity contribution in [2.75, 3.05) is 49.1 Å². The zero-order valence-corrected chi connectivity index (χ0v) is 18.4. The molecule has 170 valence electrons. The van der Waals surface area contributed by atoms with E-state index in [4.69, 9.17) is 0 Å². The van der Waals surface area contributed by atoms with Crippen LogP contribution in [0, 0.1) is 17.6 Å². The Balaban J connectivity index is 0.00000289. The van der Waals surface area contributed by atoms with Crippen LogP contribution in [0.2, 0.25) is 0 Å². The summed E-state index contributed by atoms with van der Waals surface area (Å²) in [6.07, 6.45) is 0.896. The second-order valence-corrected chi connectivity index (χ2v) is 7.61.